The molecule has 0 heterocycles. The second-order valence-electron chi connectivity index (χ2n) is 8.05. The van der Waals surface area contributed by atoms with Crippen LogP contribution in [0, 0.1) is 11.6 Å². The van der Waals surface area contributed by atoms with Gasteiger partial charge in [0.15, 0.2) is 17.4 Å². The molecule has 0 bridgehead atoms. The van der Waals surface area contributed by atoms with Gasteiger partial charge in [0.2, 0.25) is 5.82 Å². The van der Waals surface area contributed by atoms with Gasteiger partial charge in [0.25, 0.3) is 0 Å². The number of rotatable bonds is 7. The monoisotopic (exact) mass is 464 g/mol. The third-order valence-electron chi connectivity index (χ3n) is 5.78. The summed E-state index contributed by atoms with van der Waals surface area (Å²) in [5, 5.41) is 0. The highest BCUT2D eigenvalue weighted by Crippen LogP contribution is 2.31. The van der Waals surface area contributed by atoms with Crippen molar-refractivity contribution in [1.82, 2.24) is 0 Å². The zero-order chi connectivity index (χ0) is 24.1. The first-order chi connectivity index (χ1) is 16.5. The third kappa shape index (κ3) is 5.30. The van der Waals surface area contributed by atoms with Gasteiger partial charge >= 0.3 is 0 Å². The van der Waals surface area contributed by atoms with Crippen molar-refractivity contribution in [2.24, 2.45) is 0 Å². The summed E-state index contributed by atoms with van der Waals surface area (Å²) in [6, 6.07) is 18.1. The lowest BCUT2D eigenvalue weighted by atomic mass is 9.97. The SMILES string of the molecule is CCOc1ccc(-c2ccc(CCc3ccc(C4=CC=CC(F)=C(F)C4)cc3)cc2)c(F)c1F. The van der Waals surface area contributed by atoms with Crippen LogP contribution in [0.5, 0.6) is 5.75 Å². The summed E-state index contributed by atoms with van der Waals surface area (Å²) in [6.07, 6.45) is 5.86. The zero-order valence-electron chi connectivity index (χ0n) is 18.8. The Kier molecular flexibility index (Phi) is 7.31. The Morgan fingerprint density at radius 1 is 0.735 bits per heavy atom. The molecule has 0 saturated carbocycles. The maximum atomic E-state index is 14.5. The van der Waals surface area contributed by atoms with E-state index in [0.717, 1.165) is 41.2 Å². The molecule has 1 nitrogen and oxygen atoms in total. The molecule has 0 amide bonds. The molecule has 0 fully saturated rings. The molecular weight excluding hydrogens is 440 g/mol. The molecule has 0 radical (unpaired) electrons. The van der Waals surface area contributed by atoms with Crippen molar-refractivity contribution in [2.75, 3.05) is 6.61 Å². The van der Waals surface area contributed by atoms with Gasteiger partial charge in [-0.1, -0.05) is 60.7 Å². The van der Waals surface area contributed by atoms with Gasteiger partial charge < -0.3 is 4.74 Å². The Labute approximate surface area is 196 Å². The summed E-state index contributed by atoms with van der Waals surface area (Å²) >= 11 is 0. The largest absolute Gasteiger partial charge is 0.491 e. The van der Waals surface area contributed by atoms with E-state index in [1.54, 1.807) is 25.1 Å². The molecule has 3 aromatic rings. The molecule has 1 aliphatic carbocycles. The van der Waals surface area contributed by atoms with Crippen molar-refractivity contribution in [3.8, 4) is 16.9 Å². The van der Waals surface area contributed by atoms with Gasteiger partial charge in [-0.25, -0.2) is 13.2 Å². The van der Waals surface area contributed by atoms with Crippen LogP contribution >= 0.6 is 0 Å². The van der Waals surface area contributed by atoms with E-state index in [1.165, 1.54) is 18.2 Å². The van der Waals surface area contributed by atoms with Crippen molar-refractivity contribution in [3.63, 3.8) is 0 Å². The van der Waals surface area contributed by atoms with Crippen molar-refractivity contribution in [1.29, 1.82) is 0 Å². The Morgan fingerprint density at radius 3 is 1.97 bits per heavy atom. The second kappa shape index (κ2) is 10.6. The van der Waals surface area contributed by atoms with Gasteiger partial charge in [-0.05, 0) is 65.8 Å². The van der Waals surface area contributed by atoms with Crippen LogP contribution in [0.25, 0.3) is 16.7 Å². The maximum Gasteiger partial charge on any atom is 0.201 e. The molecule has 0 saturated heterocycles. The number of ether oxygens (including phenoxy) is 1. The number of hydrogen-bond acceptors (Lipinski definition) is 1. The van der Waals surface area contributed by atoms with Crippen LogP contribution in [0.15, 0.2) is 90.5 Å². The van der Waals surface area contributed by atoms with E-state index in [1.807, 2.05) is 36.4 Å². The van der Waals surface area contributed by atoms with Gasteiger partial charge in [0.05, 0.1) is 6.61 Å². The predicted octanol–water partition coefficient (Wildman–Crippen LogP) is 8.31. The molecule has 0 N–H and O–H groups in total. The second-order valence-corrected chi connectivity index (χ2v) is 8.05. The van der Waals surface area contributed by atoms with E-state index in [-0.39, 0.29) is 24.3 Å². The Morgan fingerprint density at radius 2 is 1.35 bits per heavy atom. The fourth-order valence-corrected chi connectivity index (χ4v) is 3.89. The molecule has 0 atom stereocenters. The summed E-state index contributed by atoms with van der Waals surface area (Å²) in [5.74, 6) is -3.58. The molecule has 5 heteroatoms. The molecule has 0 aliphatic heterocycles. The average molecular weight is 465 g/mol. The van der Waals surface area contributed by atoms with Gasteiger partial charge in [0, 0.05) is 12.0 Å². The van der Waals surface area contributed by atoms with E-state index in [4.69, 9.17) is 4.74 Å². The smallest absolute Gasteiger partial charge is 0.201 e. The Bertz CT molecular complexity index is 1250. The van der Waals surface area contributed by atoms with E-state index in [9.17, 15) is 17.6 Å². The lowest BCUT2D eigenvalue weighted by Crippen LogP contribution is -1.98. The minimum absolute atomic E-state index is 0.0661. The quantitative estimate of drug-likeness (QED) is 0.320. The van der Waals surface area contributed by atoms with Crippen LogP contribution < -0.4 is 4.74 Å². The lowest BCUT2D eigenvalue weighted by molar-refractivity contribution is 0.314. The molecular formula is C29H24F4O. The number of benzene rings is 3. The lowest BCUT2D eigenvalue weighted by Gasteiger charge is -2.10. The summed E-state index contributed by atoms with van der Waals surface area (Å²) < 4.78 is 60.9. The van der Waals surface area contributed by atoms with E-state index >= 15 is 0 Å². The topological polar surface area (TPSA) is 9.23 Å². The number of aryl methyl sites for hydroxylation is 2. The predicted molar refractivity (Wildman–Crippen MR) is 128 cm³/mol. The van der Waals surface area contributed by atoms with Gasteiger partial charge in [-0.15, -0.1) is 0 Å². The number of halogens is 4. The summed E-state index contributed by atoms with van der Waals surface area (Å²) in [5.41, 5.74) is 4.54. The highest BCUT2D eigenvalue weighted by molar-refractivity contribution is 5.70. The summed E-state index contributed by atoms with van der Waals surface area (Å²) in [4.78, 5) is 0. The normalized spacial score (nSPS) is 13.6. The molecule has 3 aromatic carbocycles. The van der Waals surface area contributed by atoms with Crippen molar-refractivity contribution >= 4 is 5.57 Å². The minimum Gasteiger partial charge on any atom is -0.491 e. The highest BCUT2D eigenvalue weighted by Gasteiger charge is 2.16. The molecule has 0 spiro atoms. The fraction of sp³-hybridized carbons (Fsp3) is 0.172. The van der Waals surface area contributed by atoms with Crippen molar-refractivity contribution in [3.05, 3.63) is 119 Å². The van der Waals surface area contributed by atoms with Crippen LogP contribution in [-0.2, 0) is 12.8 Å². The van der Waals surface area contributed by atoms with Crippen LogP contribution in [0.2, 0.25) is 0 Å². The zero-order valence-corrected chi connectivity index (χ0v) is 18.8. The van der Waals surface area contributed by atoms with Crippen molar-refractivity contribution < 1.29 is 22.3 Å². The molecule has 0 aromatic heterocycles. The van der Waals surface area contributed by atoms with E-state index in [2.05, 4.69) is 0 Å². The molecule has 4 rings (SSSR count). The van der Waals surface area contributed by atoms with E-state index < -0.39 is 23.3 Å². The van der Waals surface area contributed by atoms with Gasteiger partial charge in [-0.2, -0.15) is 4.39 Å². The van der Waals surface area contributed by atoms with Crippen LogP contribution in [0.4, 0.5) is 17.6 Å². The highest BCUT2D eigenvalue weighted by atomic mass is 19.2. The molecule has 1 aliphatic rings. The Hall–Kier alpha value is -3.60. The first kappa shape index (κ1) is 23.6. The molecule has 174 valence electrons. The number of hydrogen-bond donors (Lipinski definition) is 0. The standard InChI is InChI=1S/C29H24F4O/c1-2-34-27-17-16-24(28(32)29(27)33)22-14-10-20(11-15-22)7-6-19-8-12-21(13-9-19)23-4-3-5-25(30)26(31)18-23/h3-5,8-17H,2,6-7,18H2,1H3. The van der Waals surface area contributed by atoms with Gasteiger partial charge in [-0.3, -0.25) is 0 Å². The first-order valence-corrected chi connectivity index (χ1v) is 11.2. The fourth-order valence-electron chi connectivity index (χ4n) is 3.89. The minimum atomic E-state index is -0.980. The summed E-state index contributed by atoms with van der Waals surface area (Å²) in [7, 11) is 0. The van der Waals surface area contributed by atoms with Crippen LogP contribution in [0.1, 0.15) is 30.0 Å². The Balaban J connectivity index is 1.40. The average Bonchev–Trinajstić information content (AvgIpc) is 3.02. The first-order valence-electron chi connectivity index (χ1n) is 11.2. The van der Waals surface area contributed by atoms with Crippen LogP contribution in [0.3, 0.4) is 0 Å². The van der Waals surface area contributed by atoms with Crippen molar-refractivity contribution in [2.45, 2.75) is 26.2 Å². The molecule has 0 unspecified atom stereocenters. The van der Waals surface area contributed by atoms with Gasteiger partial charge in [0.1, 0.15) is 5.83 Å². The number of allylic oxidation sites excluding steroid dienone is 6. The van der Waals surface area contributed by atoms with E-state index in [0.29, 0.717) is 5.56 Å². The molecule has 34 heavy (non-hydrogen) atoms. The van der Waals surface area contributed by atoms with Crippen LogP contribution in [-0.4, -0.2) is 6.61 Å². The summed E-state index contributed by atoms with van der Waals surface area (Å²) in [6.45, 7) is 1.98. The third-order valence-corrected chi connectivity index (χ3v) is 5.78. The maximum absolute atomic E-state index is 14.5.